The molecular weight excluding hydrogens is 364 g/mol. The molecule has 0 saturated carbocycles. The topological polar surface area (TPSA) is 77.2 Å². The second kappa shape index (κ2) is 6.84. The Morgan fingerprint density at radius 3 is 2.86 bits per heavy atom. The zero-order chi connectivity index (χ0) is 20.1. The van der Waals surface area contributed by atoms with Crippen molar-refractivity contribution in [3.8, 4) is 11.3 Å². The Balaban J connectivity index is 1.49. The van der Waals surface area contributed by atoms with E-state index in [-0.39, 0.29) is 12.1 Å². The second-order valence-corrected chi connectivity index (χ2v) is 8.40. The maximum atomic E-state index is 12.8. The number of fused-ring (bicyclic) bond motifs is 2. The molecule has 2 aliphatic heterocycles. The third-order valence-electron chi connectivity index (χ3n) is 6.17. The summed E-state index contributed by atoms with van der Waals surface area (Å²) in [7, 11) is 0. The summed E-state index contributed by atoms with van der Waals surface area (Å²) in [5.74, 6) is 0. The lowest BCUT2D eigenvalue weighted by atomic mass is 10.0. The summed E-state index contributed by atoms with van der Waals surface area (Å²) in [6.07, 6.45) is 2.84. The first-order valence-corrected chi connectivity index (χ1v) is 10.3. The van der Waals surface area contributed by atoms with Gasteiger partial charge in [-0.2, -0.15) is 5.10 Å². The highest BCUT2D eigenvalue weighted by atomic mass is 16.2. The van der Waals surface area contributed by atoms with Gasteiger partial charge in [-0.25, -0.2) is 4.79 Å². The molecule has 1 unspecified atom stereocenters. The Labute approximate surface area is 170 Å². The summed E-state index contributed by atoms with van der Waals surface area (Å²) < 4.78 is 0. The molecule has 2 aliphatic rings. The number of pyridine rings is 1. The number of H-pyrrole nitrogens is 1. The number of urea groups is 1. The number of nitrogens with one attached hydrogen (secondary N) is 2. The summed E-state index contributed by atoms with van der Waals surface area (Å²) >= 11 is 0. The number of aromatic nitrogens is 3. The maximum Gasteiger partial charge on any atom is 0.322 e. The van der Waals surface area contributed by atoms with Gasteiger partial charge in [-0.1, -0.05) is 0 Å². The molecule has 150 valence electrons. The van der Waals surface area contributed by atoms with E-state index in [0.29, 0.717) is 12.6 Å². The standard InChI is InChI=1S/C22H26N6O/c1-13(2)27-7-5-17(12-27)28-11-16-9-18-20(10-19(16)24-22(28)29)25-26-21(18)15-4-6-23-14(3)8-15/h4,6,8-10,13,17H,5,7,11-12H2,1-3H3,(H,24,29)(H,25,26). The van der Waals surface area contributed by atoms with Gasteiger partial charge in [0.05, 0.1) is 5.52 Å². The van der Waals surface area contributed by atoms with Gasteiger partial charge in [0, 0.05) is 60.2 Å². The molecule has 0 radical (unpaired) electrons. The van der Waals surface area contributed by atoms with E-state index in [1.54, 1.807) is 0 Å². The van der Waals surface area contributed by atoms with Gasteiger partial charge in [-0.15, -0.1) is 0 Å². The summed E-state index contributed by atoms with van der Waals surface area (Å²) in [6.45, 7) is 9.03. The van der Waals surface area contributed by atoms with Crippen molar-refractivity contribution in [3.05, 3.63) is 41.7 Å². The number of aryl methyl sites for hydroxylation is 1. The molecule has 0 bridgehead atoms. The van der Waals surface area contributed by atoms with Gasteiger partial charge < -0.3 is 10.2 Å². The number of hydrogen-bond acceptors (Lipinski definition) is 4. The SMILES string of the molecule is Cc1cc(-c2n[nH]c3cc4c(cc23)CN(C2CCN(C(C)C)C2)C(=O)N4)ccn1. The molecule has 0 spiro atoms. The predicted octanol–water partition coefficient (Wildman–Crippen LogP) is 3.76. The number of nitrogens with zero attached hydrogens (tertiary/aromatic N) is 4. The van der Waals surface area contributed by atoms with Crippen LogP contribution in [0.3, 0.4) is 0 Å². The van der Waals surface area contributed by atoms with Gasteiger partial charge in [-0.05, 0) is 57.0 Å². The molecule has 1 atom stereocenters. The van der Waals surface area contributed by atoms with E-state index in [4.69, 9.17) is 0 Å². The molecule has 1 saturated heterocycles. The highest BCUT2D eigenvalue weighted by Gasteiger charge is 2.34. The summed E-state index contributed by atoms with van der Waals surface area (Å²) in [5.41, 5.74) is 5.86. The Hall–Kier alpha value is -2.93. The third-order valence-corrected chi connectivity index (χ3v) is 6.17. The van der Waals surface area contributed by atoms with E-state index >= 15 is 0 Å². The van der Waals surface area contributed by atoms with Gasteiger partial charge in [-0.3, -0.25) is 15.0 Å². The van der Waals surface area contributed by atoms with Gasteiger partial charge in [0.15, 0.2) is 0 Å². The van der Waals surface area contributed by atoms with Crippen LogP contribution in [0.4, 0.5) is 10.5 Å². The number of amides is 2. The fourth-order valence-corrected chi connectivity index (χ4v) is 4.50. The zero-order valence-corrected chi connectivity index (χ0v) is 17.1. The highest BCUT2D eigenvalue weighted by molar-refractivity contribution is 6.00. The van der Waals surface area contributed by atoms with Crippen molar-refractivity contribution >= 4 is 22.6 Å². The summed E-state index contributed by atoms with van der Waals surface area (Å²) in [6, 6.07) is 8.96. The van der Waals surface area contributed by atoms with Gasteiger partial charge in [0.1, 0.15) is 5.69 Å². The molecule has 1 aromatic carbocycles. The number of hydrogen-bond donors (Lipinski definition) is 2. The number of carbonyl (C=O) groups excluding carboxylic acids is 1. The Morgan fingerprint density at radius 1 is 1.24 bits per heavy atom. The number of carbonyl (C=O) groups is 1. The van der Waals surface area contributed by atoms with Crippen LogP contribution < -0.4 is 5.32 Å². The van der Waals surface area contributed by atoms with Gasteiger partial charge in [0.25, 0.3) is 0 Å². The molecule has 3 aromatic rings. The number of aromatic amines is 1. The molecule has 7 heteroatoms. The first-order chi connectivity index (χ1) is 14.0. The predicted molar refractivity (Wildman–Crippen MR) is 114 cm³/mol. The van der Waals surface area contributed by atoms with Crippen molar-refractivity contribution in [2.75, 3.05) is 18.4 Å². The second-order valence-electron chi connectivity index (χ2n) is 8.40. The fourth-order valence-electron chi connectivity index (χ4n) is 4.50. The van der Waals surface area contributed by atoms with Crippen molar-refractivity contribution in [3.63, 3.8) is 0 Å². The zero-order valence-electron chi connectivity index (χ0n) is 17.1. The number of anilines is 1. The largest absolute Gasteiger partial charge is 0.322 e. The number of rotatable bonds is 3. The van der Waals surface area contributed by atoms with E-state index in [1.165, 1.54) is 0 Å². The molecule has 2 amide bonds. The van der Waals surface area contributed by atoms with Crippen LogP contribution in [0, 0.1) is 6.92 Å². The quantitative estimate of drug-likeness (QED) is 0.714. The normalized spacial score (nSPS) is 19.8. The van der Waals surface area contributed by atoms with Crippen LogP contribution in [-0.4, -0.2) is 56.2 Å². The summed E-state index contributed by atoms with van der Waals surface area (Å²) in [4.78, 5) is 21.5. The lowest BCUT2D eigenvalue weighted by molar-refractivity contribution is 0.175. The van der Waals surface area contributed by atoms with Crippen LogP contribution in [0.25, 0.3) is 22.2 Å². The van der Waals surface area contributed by atoms with E-state index in [2.05, 4.69) is 45.3 Å². The fraction of sp³-hybridized carbons (Fsp3) is 0.409. The first kappa shape index (κ1) is 18.1. The van der Waals surface area contributed by atoms with E-state index in [1.807, 2.05) is 36.2 Å². The van der Waals surface area contributed by atoms with E-state index in [0.717, 1.165) is 58.6 Å². The van der Waals surface area contributed by atoms with Crippen LogP contribution in [-0.2, 0) is 6.54 Å². The molecule has 4 heterocycles. The van der Waals surface area contributed by atoms with Crippen LogP contribution in [0.1, 0.15) is 31.5 Å². The molecule has 2 N–H and O–H groups in total. The molecular formula is C22H26N6O. The van der Waals surface area contributed by atoms with Crippen molar-refractivity contribution in [2.24, 2.45) is 0 Å². The Kier molecular flexibility index (Phi) is 4.28. The molecule has 5 rings (SSSR count). The average Bonchev–Trinajstić information content (AvgIpc) is 3.33. The highest BCUT2D eigenvalue weighted by Crippen LogP contribution is 2.34. The van der Waals surface area contributed by atoms with Crippen LogP contribution >= 0.6 is 0 Å². The molecule has 29 heavy (non-hydrogen) atoms. The van der Waals surface area contributed by atoms with E-state index < -0.39 is 0 Å². The minimum atomic E-state index is -0.00282. The van der Waals surface area contributed by atoms with Crippen LogP contribution in [0.5, 0.6) is 0 Å². The Morgan fingerprint density at radius 2 is 2.10 bits per heavy atom. The lowest BCUT2D eigenvalue weighted by Gasteiger charge is -2.34. The smallest absolute Gasteiger partial charge is 0.316 e. The molecule has 7 nitrogen and oxygen atoms in total. The lowest BCUT2D eigenvalue weighted by Crippen LogP contribution is -2.46. The van der Waals surface area contributed by atoms with Crippen molar-refractivity contribution in [1.82, 2.24) is 25.0 Å². The number of likely N-dealkylation sites (tertiary alicyclic amines) is 1. The average molecular weight is 390 g/mol. The minimum Gasteiger partial charge on any atom is -0.316 e. The van der Waals surface area contributed by atoms with Gasteiger partial charge in [0.2, 0.25) is 0 Å². The number of benzene rings is 1. The van der Waals surface area contributed by atoms with Gasteiger partial charge >= 0.3 is 6.03 Å². The molecule has 0 aliphatic carbocycles. The van der Waals surface area contributed by atoms with Crippen LogP contribution in [0.15, 0.2) is 30.5 Å². The van der Waals surface area contributed by atoms with Crippen LogP contribution in [0.2, 0.25) is 0 Å². The van der Waals surface area contributed by atoms with Crippen molar-refractivity contribution < 1.29 is 4.79 Å². The Bertz CT molecular complexity index is 1090. The minimum absolute atomic E-state index is 0.00282. The monoisotopic (exact) mass is 390 g/mol. The third kappa shape index (κ3) is 3.15. The van der Waals surface area contributed by atoms with Crippen molar-refractivity contribution in [2.45, 2.75) is 45.8 Å². The molecule has 1 fully saturated rings. The molecule has 2 aromatic heterocycles. The first-order valence-electron chi connectivity index (χ1n) is 10.3. The van der Waals surface area contributed by atoms with Crippen molar-refractivity contribution in [1.29, 1.82) is 0 Å². The maximum absolute atomic E-state index is 12.8. The summed E-state index contributed by atoms with van der Waals surface area (Å²) in [5, 5.41) is 11.8. The van der Waals surface area contributed by atoms with E-state index in [9.17, 15) is 4.79 Å².